The van der Waals surface area contributed by atoms with Gasteiger partial charge in [0.15, 0.2) is 5.96 Å². The third-order valence-corrected chi connectivity index (χ3v) is 6.63. The van der Waals surface area contributed by atoms with Gasteiger partial charge in [-0.25, -0.2) is 13.1 Å². The fourth-order valence-electron chi connectivity index (χ4n) is 3.47. The molecular formula is C20H32N4O4S. The number of benzene rings is 1. The highest BCUT2D eigenvalue weighted by atomic mass is 32.2. The molecule has 0 spiro atoms. The average molecular weight is 425 g/mol. The molecule has 0 saturated carbocycles. The Morgan fingerprint density at radius 3 is 2.52 bits per heavy atom. The minimum absolute atomic E-state index is 0.143. The van der Waals surface area contributed by atoms with E-state index in [1.165, 1.54) is 7.11 Å². The molecule has 1 aromatic rings. The molecular weight excluding hydrogens is 392 g/mol. The molecule has 2 rings (SSSR count). The van der Waals surface area contributed by atoms with Crippen LogP contribution >= 0.6 is 0 Å². The normalized spacial score (nSPS) is 20.6. The molecule has 29 heavy (non-hydrogen) atoms. The molecule has 2 atom stereocenters. The number of nitrogens with one attached hydrogen (secondary N) is 2. The van der Waals surface area contributed by atoms with E-state index in [2.05, 4.69) is 15.0 Å². The number of carbonyl (C=O) groups excluding carboxylic acids is 1. The summed E-state index contributed by atoms with van der Waals surface area (Å²) in [5, 5.41) is 3.23. The standard InChI is InChI=1S/C20H32N4O4S/c1-14-12-24(13-16(14)18(25)28-6)19(21-5)22-11-15-9-7-8-10-17(15)29(26,27)23-20(2,3)4/h7-10,14,16,23H,11-13H2,1-6H3,(H,21,22). The Morgan fingerprint density at radius 1 is 1.28 bits per heavy atom. The van der Waals surface area contributed by atoms with Gasteiger partial charge < -0.3 is 15.0 Å². The van der Waals surface area contributed by atoms with Crippen molar-refractivity contribution >= 4 is 22.0 Å². The molecule has 1 fully saturated rings. The highest BCUT2D eigenvalue weighted by Crippen LogP contribution is 2.24. The summed E-state index contributed by atoms with van der Waals surface area (Å²) in [6, 6.07) is 6.89. The summed E-state index contributed by atoms with van der Waals surface area (Å²) < 4.78 is 33.2. The molecule has 9 heteroatoms. The molecule has 0 aliphatic carbocycles. The van der Waals surface area contributed by atoms with Gasteiger partial charge in [0.1, 0.15) is 0 Å². The van der Waals surface area contributed by atoms with Gasteiger partial charge in [0, 0.05) is 32.2 Å². The van der Waals surface area contributed by atoms with E-state index in [0.717, 1.165) is 0 Å². The number of methoxy groups -OCH3 is 1. The van der Waals surface area contributed by atoms with Crippen molar-refractivity contribution in [2.24, 2.45) is 16.8 Å². The number of aliphatic imine (C=N–C) groups is 1. The summed E-state index contributed by atoms with van der Waals surface area (Å²) >= 11 is 0. The highest BCUT2D eigenvalue weighted by Gasteiger charge is 2.37. The topological polar surface area (TPSA) is 100 Å². The summed E-state index contributed by atoms with van der Waals surface area (Å²) in [6.45, 7) is 8.90. The third-order valence-electron chi connectivity index (χ3n) is 4.77. The Bertz CT molecular complexity index is 861. The second kappa shape index (κ2) is 9.13. The van der Waals surface area contributed by atoms with Crippen LogP contribution in [0.1, 0.15) is 33.3 Å². The molecule has 0 radical (unpaired) electrons. The van der Waals surface area contributed by atoms with Crippen LogP contribution in [0.3, 0.4) is 0 Å². The second-order valence-corrected chi connectivity index (χ2v) is 10.0. The van der Waals surface area contributed by atoms with Gasteiger partial charge in [-0.3, -0.25) is 9.79 Å². The van der Waals surface area contributed by atoms with Crippen LogP contribution in [0, 0.1) is 11.8 Å². The molecule has 2 N–H and O–H groups in total. The maximum absolute atomic E-state index is 12.8. The molecule has 0 bridgehead atoms. The molecule has 162 valence electrons. The van der Waals surface area contributed by atoms with Crippen LogP contribution in [0.4, 0.5) is 0 Å². The summed E-state index contributed by atoms with van der Waals surface area (Å²) in [5.74, 6) is 0.339. The largest absolute Gasteiger partial charge is 0.469 e. The molecule has 2 unspecified atom stereocenters. The maximum Gasteiger partial charge on any atom is 0.310 e. The fourth-order valence-corrected chi connectivity index (χ4v) is 5.13. The lowest BCUT2D eigenvalue weighted by Crippen LogP contribution is -2.42. The molecule has 8 nitrogen and oxygen atoms in total. The Kier molecular flexibility index (Phi) is 7.29. The third kappa shape index (κ3) is 5.93. The average Bonchev–Trinajstić information content (AvgIpc) is 3.01. The predicted octanol–water partition coefficient (Wildman–Crippen LogP) is 1.58. The summed E-state index contributed by atoms with van der Waals surface area (Å²) in [6.07, 6.45) is 0. The number of rotatable bonds is 5. The van der Waals surface area contributed by atoms with Crippen LogP contribution in [0.15, 0.2) is 34.2 Å². The summed E-state index contributed by atoms with van der Waals surface area (Å²) in [4.78, 5) is 18.5. The van der Waals surface area contributed by atoms with E-state index in [1.54, 1.807) is 52.1 Å². The van der Waals surface area contributed by atoms with E-state index in [4.69, 9.17) is 4.74 Å². The Labute approximate surface area is 173 Å². The number of hydrogen-bond donors (Lipinski definition) is 2. The first-order valence-corrected chi connectivity index (χ1v) is 11.1. The molecule has 1 saturated heterocycles. The minimum Gasteiger partial charge on any atom is -0.469 e. The summed E-state index contributed by atoms with van der Waals surface area (Å²) in [7, 11) is -0.594. The van der Waals surface area contributed by atoms with E-state index in [-0.39, 0.29) is 22.7 Å². The number of likely N-dealkylation sites (tertiary alicyclic amines) is 1. The number of nitrogens with zero attached hydrogens (tertiary/aromatic N) is 2. The van der Waals surface area contributed by atoms with E-state index in [1.807, 2.05) is 11.8 Å². The zero-order valence-electron chi connectivity index (χ0n) is 18.0. The number of esters is 1. The van der Waals surface area contributed by atoms with Crippen molar-refractivity contribution in [3.63, 3.8) is 0 Å². The Morgan fingerprint density at radius 2 is 1.93 bits per heavy atom. The lowest BCUT2D eigenvalue weighted by atomic mass is 9.99. The van der Waals surface area contributed by atoms with Gasteiger partial charge in [-0.1, -0.05) is 25.1 Å². The quantitative estimate of drug-likeness (QED) is 0.423. The van der Waals surface area contributed by atoms with Crippen molar-refractivity contribution in [3.05, 3.63) is 29.8 Å². The summed E-state index contributed by atoms with van der Waals surface area (Å²) in [5.41, 5.74) is 0.0615. The first kappa shape index (κ1) is 23.2. The van der Waals surface area contributed by atoms with Crippen molar-refractivity contribution in [2.45, 2.75) is 44.7 Å². The molecule has 0 amide bonds. The monoisotopic (exact) mass is 424 g/mol. The number of guanidine groups is 1. The predicted molar refractivity (Wildman–Crippen MR) is 113 cm³/mol. The van der Waals surface area contributed by atoms with E-state index in [0.29, 0.717) is 31.2 Å². The van der Waals surface area contributed by atoms with Crippen LogP contribution in [0.5, 0.6) is 0 Å². The zero-order chi connectivity index (χ0) is 21.8. The van der Waals surface area contributed by atoms with E-state index < -0.39 is 15.6 Å². The van der Waals surface area contributed by atoms with Crippen molar-refractivity contribution in [2.75, 3.05) is 27.2 Å². The van der Waals surface area contributed by atoms with Gasteiger partial charge in [0.25, 0.3) is 0 Å². The van der Waals surface area contributed by atoms with Crippen LogP contribution in [-0.4, -0.2) is 58.0 Å². The van der Waals surface area contributed by atoms with Crippen LogP contribution in [0.25, 0.3) is 0 Å². The number of hydrogen-bond acceptors (Lipinski definition) is 5. The van der Waals surface area contributed by atoms with Crippen molar-refractivity contribution in [1.82, 2.24) is 14.9 Å². The van der Waals surface area contributed by atoms with Gasteiger partial charge in [-0.05, 0) is 38.3 Å². The smallest absolute Gasteiger partial charge is 0.310 e. The molecule has 1 aliphatic heterocycles. The first-order chi connectivity index (χ1) is 13.5. The highest BCUT2D eigenvalue weighted by molar-refractivity contribution is 7.89. The van der Waals surface area contributed by atoms with E-state index >= 15 is 0 Å². The molecule has 0 aromatic heterocycles. The van der Waals surface area contributed by atoms with E-state index in [9.17, 15) is 13.2 Å². The molecule has 1 aliphatic rings. The number of sulfonamides is 1. The molecule has 1 aromatic carbocycles. The maximum atomic E-state index is 12.8. The van der Waals surface area contributed by atoms with Gasteiger partial charge in [0.05, 0.1) is 17.9 Å². The SMILES string of the molecule is CN=C(NCc1ccccc1S(=O)(=O)NC(C)(C)C)N1CC(C)C(C(=O)OC)C1. The number of carbonyl (C=O) groups is 1. The van der Waals surface area contributed by atoms with Crippen LogP contribution in [-0.2, 0) is 26.1 Å². The molecule has 1 heterocycles. The Hall–Kier alpha value is -2.13. The van der Waals surface area contributed by atoms with Gasteiger partial charge in [-0.15, -0.1) is 0 Å². The van der Waals surface area contributed by atoms with Gasteiger partial charge in [0.2, 0.25) is 10.0 Å². The first-order valence-electron chi connectivity index (χ1n) is 9.64. The fraction of sp³-hybridized carbons (Fsp3) is 0.600. The Balaban J connectivity index is 2.15. The lowest BCUT2D eigenvalue weighted by molar-refractivity contribution is -0.145. The van der Waals surface area contributed by atoms with Crippen LogP contribution < -0.4 is 10.0 Å². The zero-order valence-corrected chi connectivity index (χ0v) is 18.8. The van der Waals surface area contributed by atoms with Gasteiger partial charge >= 0.3 is 5.97 Å². The second-order valence-electron chi connectivity index (χ2n) is 8.38. The van der Waals surface area contributed by atoms with Crippen molar-refractivity contribution in [1.29, 1.82) is 0 Å². The van der Waals surface area contributed by atoms with Crippen LogP contribution in [0.2, 0.25) is 0 Å². The van der Waals surface area contributed by atoms with Crippen molar-refractivity contribution < 1.29 is 17.9 Å². The lowest BCUT2D eigenvalue weighted by Gasteiger charge is -2.23. The van der Waals surface area contributed by atoms with Crippen molar-refractivity contribution in [3.8, 4) is 0 Å². The van der Waals surface area contributed by atoms with Gasteiger partial charge in [-0.2, -0.15) is 0 Å². The minimum atomic E-state index is -3.66. The number of ether oxygens (including phenoxy) is 1.